The predicted molar refractivity (Wildman–Crippen MR) is 111 cm³/mol. The van der Waals surface area contributed by atoms with Crippen LogP contribution in [-0.2, 0) is 10.0 Å². The molecule has 1 heterocycles. The first-order valence-electron chi connectivity index (χ1n) is 8.70. The van der Waals surface area contributed by atoms with Crippen molar-refractivity contribution in [2.45, 2.75) is 44.3 Å². The summed E-state index contributed by atoms with van der Waals surface area (Å²) >= 11 is 0. The average Bonchev–Trinajstić information content (AvgIpc) is 3.13. The Morgan fingerprint density at radius 2 is 1.93 bits per heavy atom. The molecule has 1 aliphatic heterocycles. The molecule has 0 radical (unpaired) electrons. The van der Waals surface area contributed by atoms with Gasteiger partial charge < -0.3 is 4.90 Å². The van der Waals surface area contributed by atoms with Crippen molar-refractivity contribution in [3.05, 3.63) is 48.7 Å². The van der Waals surface area contributed by atoms with E-state index in [1.807, 2.05) is 20.0 Å². The maximum atomic E-state index is 12.4. The number of hydrogen-bond donors (Lipinski definition) is 1. The van der Waals surface area contributed by atoms with Crippen LogP contribution < -0.4 is 10.0 Å². The van der Waals surface area contributed by atoms with Gasteiger partial charge in [-0.1, -0.05) is 19.1 Å². The molecule has 0 amide bonds. The van der Waals surface area contributed by atoms with E-state index in [9.17, 15) is 21.6 Å². The van der Waals surface area contributed by atoms with Gasteiger partial charge in [0, 0.05) is 17.6 Å². The number of nitrogens with two attached hydrogens (primary N) is 1. The summed E-state index contributed by atoms with van der Waals surface area (Å²) in [6.45, 7) is 9.45. The van der Waals surface area contributed by atoms with Gasteiger partial charge in [-0.3, -0.25) is 9.98 Å². The third-order valence-corrected chi connectivity index (χ3v) is 4.65. The van der Waals surface area contributed by atoms with E-state index in [0.717, 1.165) is 18.5 Å². The fraction of sp³-hybridized carbons (Fsp3) is 0.368. The molecule has 0 aliphatic carbocycles. The van der Waals surface area contributed by atoms with Crippen molar-refractivity contribution >= 4 is 27.8 Å². The summed E-state index contributed by atoms with van der Waals surface area (Å²) in [7, 11) is -3.81. The molecule has 0 spiro atoms. The SMILES string of the molecule is C=CC(CC)=NC=C(C)C.NS(=O)(=O)c1ccc(N2C=NC(C(F)(F)F)C2)cc1. The zero-order valence-electron chi connectivity index (χ0n) is 16.5. The minimum Gasteiger partial charge on any atom is -0.330 e. The molecule has 0 bridgehead atoms. The van der Waals surface area contributed by atoms with Gasteiger partial charge in [-0.15, -0.1) is 0 Å². The third-order valence-electron chi connectivity index (χ3n) is 3.72. The van der Waals surface area contributed by atoms with Crippen LogP contribution in [0.4, 0.5) is 18.9 Å². The van der Waals surface area contributed by atoms with E-state index >= 15 is 0 Å². The Kier molecular flexibility index (Phi) is 8.78. The van der Waals surface area contributed by atoms with Gasteiger partial charge in [-0.25, -0.2) is 13.6 Å². The first kappa shape index (κ1) is 24.6. The molecule has 160 valence electrons. The zero-order chi connectivity index (χ0) is 22.2. The van der Waals surface area contributed by atoms with Crippen LogP contribution in [0.5, 0.6) is 0 Å². The molecule has 2 rings (SSSR count). The molecule has 0 aromatic heterocycles. The largest absolute Gasteiger partial charge is 0.412 e. The van der Waals surface area contributed by atoms with E-state index in [-0.39, 0.29) is 11.4 Å². The molecule has 0 saturated carbocycles. The highest BCUT2D eigenvalue weighted by Gasteiger charge is 2.42. The van der Waals surface area contributed by atoms with Crippen molar-refractivity contribution in [3.63, 3.8) is 0 Å². The molecule has 1 atom stereocenters. The molecule has 2 N–H and O–H groups in total. The topological polar surface area (TPSA) is 88.1 Å². The third kappa shape index (κ3) is 8.20. The Morgan fingerprint density at radius 1 is 1.34 bits per heavy atom. The fourth-order valence-electron chi connectivity index (χ4n) is 2.13. The van der Waals surface area contributed by atoms with E-state index in [1.54, 1.807) is 6.08 Å². The van der Waals surface area contributed by atoms with Gasteiger partial charge in [0.05, 0.1) is 17.8 Å². The lowest BCUT2D eigenvalue weighted by molar-refractivity contribution is -0.142. The van der Waals surface area contributed by atoms with E-state index in [1.165, 1.54) is 34.7 Å². The highest BCUT2D eigenvalue weighted by atomic mass is 32.2. The van der Waals surface area contributed by atoms with E-state index in [0.29, 0.717) is 5.69 Å². The monoisotopic (exact) mass is 430 g/mol. The molecule has 6 nitrogen and oxygen atoms in total. The van der Waals surface area contributed by atoms with Gasteiger partial charge >= 0.3 is 6.18 Å². The van der Waals surface area contributed by atoms with Crippen LogP contribution in [0, 0.1) is 0 Å². The minimum absolute atomic E-state index is 0.0974. The lowest BCUT2D eigenvalue weighted by atomic mass is 10.2. The number of anilines is 1. The smallest absolute Gasteiger partial charge is 0.330 e. The number of hydrogen-bond acceptors (Lipinski definition) is 5. The maximum absolute atomic E-state index is 12.4. The summed E-state index contributed by atoms with van der Waals surface area (Å²) in [4.78, 5) is 8.76. The van der Waals surface area contributed by atoms with Crippen LogP contribution >= 0.6 is 0 Å². The van der Waals surface area contributed by atoms with Crippen LogP contribution in [0.3, 0.4) is 0 Å². The molecule has 10 heteroatoms. The lowest BCUT2D eigenvalue weighted by Gasteiger charge is -2.17. The van der Waals surface area contributed by atoms with E-state index in [4.69, 9.17) is 5.14 Å². The number of nitrogens with zero attached hydrogens (tertiary/aromatic N) is 3. The molecular formula is C19H25F3N4O2S. The quantitative estimate of drug-likeness (QED) is 0.715. The highest BCUT2D eigenvalue weighted by molar-refractivity contribution is 7.89. The van der Waals surface area contributed by atoms with Crippen LogP contribution in [0.25, 0.3) is 0 Å². The normalized spacial score (nSPS) is 16.9. The Morgan fingerprint density at radius 3 is 2.31 bits per heavy atom. The number of allylic oxidation sites excluding steroid dienone is 2. The number of primary sulfonamides is 1. The number of sulfonamides is 1. The van der Waals surface area contributed by atoms with Crippen LogP contribution in [0.15, 0.2) is 63.6 Å². The van der Waals surface area contributed by atoms with Crippen LogP contribution in [0.1, 0.15) is 27.2 Å². The average molecular weight is 430 g/mol. The number of halogens is 3. The summed E-state index contributed by atoms with van der Waals surface area (Å²) in [5.41, 5.74) is 2.68. The zero-order valence-corrected chi connectivity index (χ0v) is 17.3. The van der Waals surface area contributed by atoms with Crippen molar-refractivity contribution in [1.29, 1.82) is 0 Å². The Labute approximate surface area is 169 Å². The molecule has 1 unspecified atom stereocenters. The van der Waals surface area contributed by atoms with Crippen molar-refractivity contribution < 1.29 is 21.6 Å². The van der Waals surface area contributed by atoms with E-state index < -0.39 is 22.2 Å². The molecular weight excluding hydrogens is 405 g/mol. The Hall–Kier alpha value is -2.46. The number of aliphatic imine (C=N–C) groups is 2. The Balaban J connectivity index is 0.000000359. The van der Waals surface area contributed by atoms with Crippen LogP contribution in [-0.4, -0.2) is 39.2 Å². The highest BCUT2D eigenvalue weighted by Crippen LogP contribution is 2.28. The first-order chi connectivity index (χ1) is 13.4. The van der Waals surface area contributed by atoms with Crippen molar-refractivity contribution in [1.82, 2.24) is 0 Å². The molecule has 1 aliphatic rings. The minimum atomic E-state index is -4.38. The van der Waals surface area contributed by atoms with Gasteiger partial charge in [-0.05, 0) is 50.6 Å². The number of benzene rings is 1. The summed E-state index contributed by atoms with van der Waals surface area (Å²) < 4.78 is 59.4. The van der Waals surface area contributed by atoms with Gasteiger partial charge in [0.15, 0.2) is 6.04 Å². The van der Waals surface area contributed by atoms with Gasteiger partial charge in [0.25, 0.3) is 0 Å². The van der Waals surface area contributed by atoms with Gasteiger partial charge in [-0.2, -0.15) is 13.2 Å². The number of rotatable bonds is 5. The van der Waals surface area contributed by atoms with Gasteiger partial charge in [0.2, 0.25) is 10.0 Å². The molecule has 0 saturated heterocycles. The predicted octanol–water partition coefficient (Wildman–Crippen LogP) is 4.06. The lowest BCUT2D eigenvalue weighted by Crippen LogP contribution is -2.33. The molecule has 0 fully saturated rings. The van der Waals surface area contributed by atoms with E-state index in [2.05, 4.69) is 23.5 Å². The second-order valence-corrected chi connectivity index (χ2v) is 7.96. The van der Waals surface area contributed by atoms with Crippen molar-refractivity contribution in [2.75, 3.05) is 11.4 Å². The first-order valence-corrected chi connectivity index (χ1v) is 10.2. The van der Waals surface area contributed by atoms with Crippen molar-refractivity contribution in [3.8, 4) is 0 Å². The molecule has 1 aromatic rings. The second kappa shape index (κ2) is 10.4. The number of alkyl halides is 3. The maximum Gasteiger partial charge on any atom is 0.412 e. The fourth-order valence-corrected chi connectivity index (χ4v) is 2.64. The van der Waals surface area contributed by atoms with Crippen molar-refractivity contribution in [2.24, 2.45) is 15.1 Å². The second-order valence-electron chi connectivity index (χ2n) is 6.40. The summed E-state index contributed by atoms with van der Waals surface area (Å²) in [5, 5.41) is 4.92. The molecule has 1 aromatic carbocycles. The van der Waals surface area contributed by atoms with Crippen LogP contribution in [0.2, 0.25) is 0 Å². The summed E-state index contributed by atoms with van der Waals surface area (Å²) in [5.74, 6) is 0. The molecule has 29 heavy (non-hydrogen) atoms. The summed E-state index contributed by atoms with van der Waals surface area (Å²) in [6.07, 6.45) is 1.31. The standard InChI is InChI=1S/C10H10F3N3O2S.C9H15N/c11-10(12,13)9-5-16(6-15-9)7-1-3-8(4-2-7)19(14,17)18;1-5-9(6-2)10-7-8(3)4/h1-4,6,9H,5H2,(H2,14,17,18);5,7H,1,6H2,2-4H3. The summed E-state index contributed by atoms with van der Waals surface area (Å²) in [6, 6.07) is 3.47. The Bertz CT molecular complexity index is 885. The van der Waals surface area contributed by atoms with Gasteiger partial charge in [0.1, 0.15) is 0 Å².